The molecule has 2 nitrogen and oxygen atoms in total. The fourth-order valence-corrected chi connectivity index (χ4v) is 3.20. The maximum Gasteiger partial charge on any atom is 0.0715 e. The number of fused-ring (bicyclic) bond motifs is 1. The van der Waals surface area contributed by atoms with Crippen molar-refractivity contribution in [2.75, 3.05) is 19.0 Å². The van der Waals surface area contributed by atoms with Gasteiger partial charge in [0, 0.05) is 25.2 Å². The van der Waals surface area contributed by atoms with Crippen molar-refractivity contribution >= 4 is 28.7 Å². The first-order valence-corrected chi connectivity index (χ1v) is 9.11. The summed E-state index contributed by atoms with van der Waals surface area (Å²) in [4.78, 5) is 6.93. The van der Waals surface area contributed by atoms with Gasteiger partial charge in [0.1, 0.15) is 0 Å². The lowest BCUT2D eigenvalue weighted by Gasteiger charge is -2.11. The average Bonchev–Trinajstić information content (AvgIpc) is 2.72. The summed E-state index contributed by atoms with van der Waals surface area (Å²) < 4.78 is 0. The minimum Gasteiger partial charge on any atom is -0.378 e. The number of aromatic nitrogens is 1. The molecule has 0 saturated heterocycles. The summed E-state index contributed by atoms with van der Waals surface area (Å²) in [5, 5.41) is 1.18. The number of anilines is 1. The van der Waals surface area contributed by atoms with Gasteiger partial charge in [-0.05, 0) is 47.0 Å². The number of pyridine rings is 1. The van der Waals surface area contributed by atoms with E-state index in [-0.39, 0.29) is 0 Å². The zero-order chi connectivity index (χ0) is 18.6. The number of nitrogens with zero attached hydrogens (tertiary/aromatic N) is 2. The monoisotopic (exact) mass is 350 g/mol. The molecule has 0 aliphatic carbocycles. The first-order valence-electron chi connectivity index (χ1n) is 9.11. The SMILES string of the molecule is CN(C)c1ccc(/C=C/c2cc(-c3ccccc3)c3ccccc3n2)cc1. The first kappa shape index (κ1) is 17.0. The summed E-state index contributed by atoms with van der Waals surface area (Å²) in [6.07, 6.45) is 4.20. The van der Waals surface area contributed by atoms with Gasteiger partial charge in [-0.1, -0.05) is 66.7 Å². The van der Waals surface area contributed by atoms with Crippen LogP contribution in [0.1, 0.15) is 11.3 Å². The van der Waals surface area contributed by atoms with Crippen LogP contribution in [0.3, 0.4) is 0 Å². The molecule has 4 rings (SSSR count). The maximum absolute atomic E-state index is 4.83. The highest BCUT2D eigenvalue weighted by Crippen LogP contribution is 2.29. The molecular formula is C25H22N2. The van der Waals surface area contributed by atoms with Crippen LogP contribution in [-0.4, -0.2) is 19.1 Å². The molecule has 0 N–H and O–H groups in total. The Morgan fingerprint density at radius 1 is 0.741 bits per heavy atom. The smallest absolute Gasteiger partial charge is 0.0715 e. The molecule has 1 heterocycles. The van der Waals surface area contributed by atoms with Crippen LogP contribution in [0.4, 0.5) is 5.69 Å². The molecule has 0 atom stereocenters. The lowest BCUT2D eigenvalue weighted by Crippen LogP contribution is -2.07. The van der Waals surface area contributed by atoms with Crippen LogP contribution in [0.2, 0.25) is 0 Å². The number of hydrogen-bond acceptors (Lipinski definition) is 2. The van der Waals surface area contributed by atoms with Gasteiger partial charge in [0.05, 0.1) is 11.2 Å². The topological polar surface area (TPSA) is 16.1 Å². The van der Waals surface area contributed by atoms with E-state index in [0.29, 0.717) is 0 Å². The van der Waals surface area contributed by atoms with E-state index in [0.717, 1.165) is 16.8 Å². The molecule has 4 aromatic rings. The molecular weight excluding hydrogens is 328 g/mol. The lowest BCUT2D eigenvalue weighted by molar-refractivity contribution is 1.13. The van der Waals surface area contributed by atoms with Gasteiger partial charge in [-0.15, -0.1) is 0 Å². The van der Waals surface area contributed by atoms with Crippen molar-refractivity contribution in [3.05, 3.63) is 96.2 Å². The third-order valence-corrected chi connectivity index (χ3v) is 4.68. The van der Waals surface area contributed by atoms with Crippen molar-refractivity contribution < 1.29 is 0 Å². The van der Waals surface area contributed by atoms with Crippen molar-refractivity contribution in [1.82, 2.24) is 4.98 Å². The van der Waals surface area contributed by atoms with Gasteiger partial charge in [0.25, 0.3) is 0 Å². The molecule has 0 amide bonds. The number of para-hydroxylation sites is 1. The maximum atomic E-state index is 4.83. The third-order valence-electron chi connectivity index (χ3n) is 4.68. The highest BCUT2D eigenvalue weighted by molar-refractivity contribution is 5.95. The van der Waals surface area contributed by atoms with Gasteiger partial charge in [-0.25, -0.2) is 4.98 Å². The van der Waals surface area contributed by atoms with Crippen molar-refractivity contribution in [3.8, 4) is 11.1 Å². The average molecular weight is 350 g/mol. The van der Waals surface area contributed by atoms with Gasteiger partial charge >= 0.3 is 0 Å². The van der Waals surface area contributed by atoms with E-state index < -0.39 is 0 Å². The molecule has 0 aliphatic heterocycles. The van der Waals surface area contributed by atoms with Crippen LogP contribution in [-0.2, 0) is 0 Å². The van der Waals surface area contributed by atoms with Crippen LogP contribution >= 0.6 is 0 Å². The molecule has 27 heavy (non-hydrogen) atoms. The van der Waals surface area contributed by atoms with Crippen molar-refractivity contribution in [2.45, 2.75) is 0 Å². The zero-order valence-electron chi connectivity index (χ0n) is 15.6. The fraction of sp³-hybridized carbons (Fsp3) is 0.0800. The minimum atomic E-state index is 0.962. The fourth-order valence-electron chi connectivity index (χ4n) is 3.20. The molecule has 0 unspecified atom stereocenters. The second-order valence-corrected chi connectivity index (χ2v) is 6.80. The van der Waals surface area contributed by atoms with Crippen molar-refractivity contribution in [2.24, 2.45) is 0 Å². The Balaban J connectivity index is 1.74. The lowest BCUT2D eigenvalue weighted by atomic mass is 10.00. The standard InChI is InChI=1S/C25H22N2/c1-27(2)22-16-13-19(14-17-22)12-15-21-18-24(20-8-4-3-5-9-20)23-10-6-7-11-25(23)26-21/h3-18H,1-2H3/b15-12+. The van der Waals surface area contributed by atoms with Gasteiger partial charge in [0.15, 0.2) is 0 Å². The molecule has 0 saturated carbocycles. The molecule has 0 spiro atoms. The van der Waals surface area contributed by atoms with Crippen LogP contribution in [0.15, 0.2) is 84.9 Å². The molecule has 0 radical (unpaired) electrons. The van der Waals surface area contributed by atoms with E-state index in [9.17, 15) is 0 Å². The summed E-state index contributed by atoms with van der Waals surface area (Å²) in [5.74, 6) is 0. The quantitative estimate of drug-likeness (QED) is 0.439. The summed E-state index contributed by atoms with van der Waals surface area (Å²) in [5.41, 5.74) is 6.76. The minimum absolute atomic E-state index is 0.962. The van der Waals surface area contributed by atoms with Gasteiger partial charge in [-0.2, -0.15) is 0 Å². The van der Waals surface area contributed by atoms with E-state index in [1.165, 1.54) is 22.2 Å². The van der Waals surface area contributed by atoms with Crippen molar-refractivity contribution in [1.29, 1.82) is 0 Å². The number of rotatable bonds is 4. The molecule has 2 heteroatoms. The molecule has 0 bridgehead atoms. The van der Waals surface area contributed by atoms with Crippen LogP contribution < -0.4 is 4.90 Å². The predicted octanol–water partition coefficient (Wildman–Crippen LogP) is 6.14. The number of benzene rings is 3. The Morgan fingerprint density at radius 3 is 2.19 bits per heavy atom. The van der Waals surface area contributed by atoms with Gasteiger partial charge < -0.3 is 4.90 Å². The molecule has 132 valence electrons. The Labute approximate surface area is 160 Å². The highest BCUT2D eigenvalue weighted by Gasteiger charge is 2.06. The Morgan fingerprint density at radius 2 is 1.44 bits per heavy atom. The Hall–Kier alpha value is -3.39. The van der Waals surface area contributed by atoms with Gasteiger partial charge in [-0.3, -0.25) is 0 Å². The number of hydrogen-bond donors (Lipinski definition) is 0. The van der Waals surface area contributed by atoms with E-state index >= 15 is 0 Å². The van der Waals surface area contributed by atoms with E-state index in [1.807, 2.05) is 12.1 Å². The second kappa shape index (κ2) is 7.46. The van der Waals surface area contributed by atoms with Crippen LogP contribution in [0, 0.1) is 0 Å². The van der Waals surface area contributed by atoms with Crippen molar-refractivity contribution in [3.63, 3.8) is 0 Å². The zero-order valence-corrected chi connectivity index (χ0v) is 15.6. The Kier molecular flexibility index (Phi) is 4.71. The molecule has 3 aromatic carbocycles. The predicted molar refractivity (Wildman–Crippen MR) is 117 cm³/mol. The van der Waals surface area contributed by atoms with E-state index in [4.69, 9.17) is 4.98 Å². The summed E-state index contributed by atoms with van der Waals surface area (Å²) in [7, 11) is 4.10. The van der Waals surface area contributed by atoms with E-state index in [1.54, 1.807) is 0 Å². The summed E-state index contributed by atoms with van der Waals surface area (Å²) >= 11 is 0. The van der Waals surface area contributed by atoms with Crippen LogP contribution in [0.25, 0.3) is 34.2 Å². The third kappa shape index (κ3) is 3.75. The summed E-state index contributed by atoms with van der Waals surface area (Å²) in [6.45, 7) is 0. The van der Waals surface area contributed by atoms with E-state index in [2.05, 4.69) is 104 Å². The van der Waals surface area contributed by atoms with Crippen LogP contribution in [0.5, 0.6) is 0 Å². The highest BCUT2D eigenvalue weighted by atomic mass is 15.1. The largest absolute Gasteiger partial charge is 0.378 e. The second-order valence-electron chi connectivity index (χ2n) is 6.80. The molecule has 1 aromatic heterocycles. The van der Waals surface area contributed by atoms with Gasteiger partial charge in [0.2, 0.25) is 0 Å². The molecule has 0 fully saturated rings. The summed E-state index contributed by atoms with van der Waals surface area (Å²) in [6, 6.07) is 29.5. The molecule has 0 aliphatic rings. The Bertz CT molecular complexity index is 1080. The first-order chi connectivity index (χ1) is 13.2. The normalized spacial score (nSPS) is 11.2.